The molecule has 3 heterocycles. The van der Waals surface area contributed by atoms with Crippen LogP contribution in [0.2, 0.25) is 0 Å². The van der Waals surface area contributed by atoms with Gasteiger partial charge in [-0.3, -0.25) is 9.69 Å². The van der Waals surface area contributed by atoms with Crippen LogP contribution >= 0.6 is 0 Å². The second-order valence-electron chi connectivity index (χ2n) is 9.47. The minimum absolute atomic E-state index is 0.0443. The normalized spacial score (nSPS) is 19.4. The molecule has 1 aliphatic heterocycles. The maximum atomic E-state index is 12.4. The summed E-state index contributed by atoms with van der Waals surface area (Å²) in [4.78, 5) is 23.6. The Balaban J connectivity index is 1.26. The minimum Gasteiger partial charge on any atom is -0.352 e. The second kappa shape index (κ2) is 9.77. The topological polar surface area (TPSA) is 75.4 Å². The Morgan fingerprint density at radius 3 is 2.50 bits per heavy atom. The zero-order valence-electron chi connectivity index (χ0n) is 19.6. The van der Waals surface area contributed by atoms with Gasteiger partial charge in [0.2, 0.25) is 5.91 Å². The molecule has 0 aliphatic carbocycles. The van der Waals surface area contributed by atoms with Crippen LogP contribution in [0.15, 0.2) is 30.6 Å². The molecule has 32 heavy (non-hydrogen) atoms. The lowest BCUT2D eigenvalue weighted by Crippen LogP contribution is -2.38. The summed E-state index contributed by atoms with van der Waals surface area (Å²) in [6, 6.07) is 8.64. The van der Waals surface area contributed by atoms with Gasteiger partial charge < -0.3 is 5.32 Å². The van der Waals surface area contributed by atoms with Crippen molar-refractivity contribution in [3.05, 3.63) is 58.7 Å². The summed E-state index contributed by atoms with van der Waals surface area (Å²) >= 11 is 0. The van der Waals surface area contributed by atoms with Crippen molar-refractivity contribution in [2.45, 2.75) is 60.0 Å². The molecule has 1 N–H and O–H groups in total. The Labute approximate surface area is 190 Å². The summed E-state index contributed by atoms with van der Waals surface area (Å²) in [6.45, 7) is 12.6. The molecule has 1 aliphatic rings. The average molecular weight is 435 g/mol. The predicted octanol–water partition coefficient (Wildman–Crippen LogP) is 3.47. The van der Waals surface area contributed by atoms with Crippen LogP contribution in [-0.4, -0.2) is 43.5 Å². The molecule has 0 radical (unpaired) electrons. The first-order valence-electron chi connectivity index (χ1n) is 11.6. The van der Waals surface area contributed by atoms with Gasteiger partial charge in [0, 0.05) is 44.0 Å². The van der Waals surface area contributed by atoms with Crippen molar-refractivity contribution in [1.29, 1.82) is 0 Å². The smallest absolute Gasteiger partial charge is 0.252 e. The van der Waals surface area contributed by atoms with E-state index in [1.54, 1.807) is 4.52 Å². The van der Waals surface area contributed by atoms with E-state index in [9.17, 15) is 4.79 Å². The molecule has 0 saturated carbocycles. The number of fused-ring (bicyclic) bond motifs is 1. The van der Waals surface area contributed by atoms with Crippen LogP contribution in [0.4, 0.5) is 0 Å². The maximum Gasteiger partial charge on any atom is 0.252 e. The quantitative estimate of drug-likeness (QED) is 0.616. The van der Waals surface area contributed by atoms with Gasteiger partial charge in [0.05, 0.1) is 0 Å². The number of benzene rings is 1. The fourth-order valence-electron chi connectivity index (χ4n) is 4.99. The molecule has 2 unspecified atom stereocenters. The molecule has 1 fully saturated rings. The van der Waals surface area contributed by atoms with Crippen molar-refractivity contribution in [2.24, 2.45) is 11.8 Å². The number of nitrogens with one attached hydrogen (secondary N) is 1. The standard InChI is InChI=1S/C25H34N6O/c1-17-11-18(2)14-30(13-17)15-22-7-5-21(6-8-22)12-26-24(32)10-9-23-19(3)29-25-27-16-28-31(25)20(23)4/h5-8,16-18H,9-15H2,1-4H3,(H,26,32). The lowest BCUT2D eigenvalue weighted by Gasteiger charge is -2.35. The Morgan fingerprint density at radius 2 is 1.78 bits per heavy atom. The first-order chi connectivity index (χ1) is 15.4. The van der Waals surface area contributed by atoms with E-state index < -0.39 is 0 Å². The highest BCUT2D eigenvalue weighted by Gasteiger charge is 2.21. The second-order valence-corrected chi connectivity index (χ2v) is 9.47. The third-order valence-electron chi connectivity index (χ3n) is 6.45. The fourth-order valence-corrected chi connectivity index (χ4v) is 4.99. The van der Waals surface area contributed by atoms with Crippen LogP contribution in [0.25, 0.3) is 5.78 Å². The lowest BCUT2D eigenvalue weighted by atomic mass is 9.91. The van der Waals surface area contributed by atoms with Crippen molar-refractivity contribution < 1.29 is 4.79 Å². The van der Waals surface area contributed by atoms with E-state index in [4.69, 9.17) is 0 Å². The van der Waals surface area contributed by atoms with Gasteiger partial charge >= 0.3 is 0 Å². The molecule has 7 nitrogen and oxygen atoms in total. The summed E-state index contributed by atoms with van der Waals surface area (Å²) in [5.41, 5.74) is 5.42. The van der Waals surface area contributed by atoms with E-state index in [-0.39, 0.29) is 5.91 Å². The van der Waals surface area contributed by atoms with E-state index in [1.807, 2.05) is 13.8 Å². The molecule has 7 heteroatoms. The summed E-state index contributed by atoms with van der Waals surface area (Å²) in [5, 5.41) is 7.26. The number of carbonyl (C=O) groups excluding carboxylic acids is 1. The van der Waals surface area contributed by atoms with E-state index >= 15 is 0 Å². The van der Waals surface area contributed by atoms with Gasteiger partial charge in [0.25, 0.3) is 5.78 Å². The molecule has 1 amide bonds. The minimum atomic E-state index is 0.0443. The summed E-state index contributed by atoms with van der Waals surface area (Å²) in [6.07, 6.45) is 3.90. The number of piperidine rings is 1. The highest BCUT2D eigenvalue weighted by atomic mass is 16.1. The van der Waals surface area contributed by atoms with Crippen molar-refractivity contribution in [2.75, 3.05) is 13.1 Å². The fraction of sp³-hybridized carbons (Fsp3) is 0.520. The number of amides is 1. The summed E-state index contributed by atoms with van der Waals surface area (Å²) in [7, 11) is 0. The van der Waals surface area contributed by atoms with Gasteiger partial charge in [0.1, 0.15) is 6.33 Å². The summed E-state index contributed by atoms with van der Waals surface area (Å²) < 4.78 is 1.73. The van der Waals surface area contributed by atoms with Crippen LogP contribution in [0.3, 0.4) is 0 Å². The molecule has 0 bridgehead atoms. The highest BCUT2D eigenvalue weighted by Crippen LogP contribution is 2.22. The number of aryl methyl sites for hydroxylation is 2. The van der Waals surface area contributed by atoms with Gasteiger partial charge in [-0.1, -0.05) is 38.1 Å². The Kier molecular flexibility index (Phi) is 6.84. The van der Waals surface area contributed by atoms with Gasteiger partial charge in [-0.05, 0) is 55.2 Å². The molecule has 2 aromatic heterocycles. The monoisotopic (exact) mass is 434 g/mol. The maximum absolute atomic E-state index is 12.4. The third kappa shape index (κ3) is 5.33. The zero-order chi connectivity index (χ0) is 22.7. The van der Waals surface area contributed by atoms with Crippen molar-refractivity contribution in [3.8, 4) is 0 Å². The van der Waals surface area contributed by atoms with E-state index in [2.05, 4.69) is 63.4 Å². The zero-order valence-corrected chi connectivity index (χ0v) is 19.6. The lowest BCUT2D eigenvalue weighted by molar-refractivity contribution is -0.121. The Bertz CT molecular complexity index is 1060. The van der Waals surface area contributed by atoms with Gasteiger partial charge in [0.15, 0.2) is 0 Å². The SMILES string of the molecule is Cc1nc2ncnn2c(C)c1CCC(=O)NCc1ccc(CN2CC(C)CC(C)C2)cc1. The first-order valence-corrected chi connectivity index (χ1v) is 11.6. The number of hydrogen-bond acceptors (Lipinski definition) is 5. The molecule has 4 rings (SSSR count). The van der Waals surface area contributed by atoms with Gasteiger partial charge in [-0.2, -0.15) is 10.1 Å². The van der Waals surface area contributed by atoms with Crippen molar-refractivity contribution in [3.63, 3.8) is 0 Å². The van der Waals surface area contributed by atoms with E-state index in [0.29, 0.717) is 25.2 Å². The Hall–Kier alpha value is -2.80. The number of hydrogen-bond donors (Lipinski definition) is 1. The van der Waals surface area contributed by atoms with E-state index in [0.717, 1.165) is 40.9 Å². The molecule has 0 spiro atoms. The predicted molar refractivity (Wildman–Crippen MR) is 125 cm³/mol. The van der Waals surface area contributed by atoms with Crippen molar-refractivity contribution >= 4 is 11.7 Å². The number of likely N-dealkylation sites (tertiary alicyclic amines) is 1. The molecular formula is C25H34N6O. The van der Waals surface area contributed by atoms with Gasteiger partial charge in [-0.25, -0.2) is 9.50 Å². The Morgan fingerprint density at radius 1 is 1.09 bits per heavy atom. The summed E-state index contributed by atoms with van der Waals surface area (Å²) in [5.74, 6) is 2.19. The third-order valence-corrected chi connectivity index (χ3v) is 6.45. The largest absolute Gasteiger partial charge is 0.352 e. The first kappa shape index (κ1) is 22.4. The van der Waals surface area contributed by atoms with Gasteiger partial charge in [-0.15, -0.1) is 0 Å². The number of aromatic nitrogens is 4. The van der Waals surface area contributed by atoms with Crippen LogP contribution < -0.4 is 5.32 Å². The molecule has 3 aromatic rings. The van der Waals surface area contributed by atoms with Crippen LogP contribution in [0.5, 0.6) is 0 Å². The van der Waals surface area contributed by atoms with Crippen LogP contribution in [0, 0.1) is 25.7 Å². The van der Waals surface area contributed by atoms with E-state index in [1.165, 1.54) is 31.4 Å². The molecule has 170 valence electrons. The molecule has 1 saturated heterocycles. The van der Waals surface area contributed by atoms with Crippen molar-refractivity contribution in [1.82, 2.24) is 29.8 Å². The molecular weight excluding hydrogens is 400 g/mol. The highest BCUT2D eigenvalue weighted by molar-refractivity contribution is 5.76. The number of nitrogens with zero attached hydrogens (tertiary/aromatic N) is 5. The molecule has 2 atom stereocenters. The number of carbonyl (C=O) groups is 1. The van der Waals surface area contributed by atoms with Crippen LogP contribution in [-0.2, 0) is 24.3 Å². The van der Waals surface area contributed by atoms with Crippen LogP contribution in [0.1, 0.15) is 54.8 Å². The molecule has 1 aromatic carbocycles. The average Bonchev–Trinajstić information content (AvgIpc) is 3.21. The number of rotatable bonds is 7.